The zero-order chi connectivity index (χ0) is 16.1. The van der Waals surface area contributed by atoms with Crippen LogP contribution in [0.25, 0.3) is 0 Å². The van der Waals surface area contributed by atoms with Gasteiger partial charge in [-0.3, -0.25) is 14.5 Å². The molecule has 1 aromatic rings. The highest BCUT2D eigenvalue weighted by Gasteiger charge is 2.26. The summed E-state index contributed by atoms with van der Waals surface area (Å²) < 4.78 is 5.57. The van der Waals surface area contributed by atoms with Crippen molar-refractivity contribution in [3.63, 3.8) is 0 Å². The Morgan fingerprint density at radius 2 is 2.13 bits per heavy atom. The van der Waals surface area contributed by atoms with Crippen molar-refractivity contribution < 1.29 is 14.0 Å². The highest BCUT2D eigenvalue weighted by atomic mass is 32.2. The van der Waals surface area contributed by atoms with Gasteiger partial charge in [-0.05, 0) is 38.1 Å². The topological polar surface area (TPSA) is 65.8 Å². The van der Waals surface area contributed by atoms with E-state index in [0.717, 1.165) is 24.6 Å². The molecule has 2 aliphatic rings. The minimum Gasteiger partial charge on any atom is -0.468 e. The van der Waals surface area contributed by atoms with Gasteiger partial charge < -0.3 is 14.6 Å². The van der Waals surface area contributed by atoms with Crippen LogP contribution in [0.1, 0.15) is 31.1 Å². The molecule has 2 saturated heterocycles. The maximum absolute atomic E-state index is 12.1. The lowest BCUT2D eigenvalue weighted by Crippen LogP contribution is -2.43. The first-order valence-corrected chi connectivity index (χ1v) is 9.18. The smallest absolute Gasteiger partial charge is 0.282 e. The molecule has 0 aromatic carbocycles. The molecule has 1 atom stereocenters. The Bertz CT molecular complexity index is 529. The third-order valence-corrected chi connectivity index (χ3v) is 5.27. The van der Waals surface area contributed by atoms with Crippen LogP contribution in [0, 0.1) is 0 Å². The fourth-order valence-corrected chi connectivity index (χ4v) is 3.95. The Balaban J connectivity index is 1.55. The van der Waals surface area contributed by atoms with Crippen LogP contribution >= 0.6 is 11.8 Å². The average Bonchev–Trinajstić information content (AvgIpc) is 3.22. The summed E-state index contributed by atoms with van der Waals surface area (Å²) in [4.78, 5) is 27.7. The largest absolute Gasteiger partial charge is 0.468 e. The highest BCUT2D eigenvalue weighted by Crippen LogP contribution is 2.24. The van der Waals surface area contributed by atoms with E-state index in [1.807, 2.05) is 12.1 Å². The van der Waals surface area contributed by atoms with E-state index in [9.17, 15) is 9.59 Å². The van der Waals surface area contributed by atoms with Gasteiger partial charge in [0, 0.05) is 18.8 Å². The lowest BCUT2D eigenvalue weighted by Gasteiger charge is -2.33. The monoisotopic (exact) mass is 337 g/mol. The molecule has 0 spiro atoms. The van der Waals surface area contributed by atoms with E-state index >= 15 is 0 Å². The van der Waals surface area contributed by atoms with E-state index in [1.165, 1.54) is 31.0 Å². The normalized spacial score (nSPS) is 20.7. The molecule has 7 heteroatoms. The number of rotatable bonds is 6. The van der Waals surface area contributed by atoms with Crippen LogP contribution in [0.3, 0.4) is 0 Å². The highest BCUT2D eigenvalue weighted by molar-refractivity contribution is 8.13. The zero-order valence-electron chi connectivity index (χ0n) is 13.2. The average molecular weight is 337 g/mol. The Morgan fingerprint density at radius 3 is 2.78 bits per heavy atom. The van der Waals surface area contributed by atoms with Gasteiger partial charge in [0.15, 0.2) is 0 Å². The van der Waals surface area contributed by atoms with Crippen LogP contribution in [0.15, 0.2) is 22.8 Å². The number of nitrogens with zero attached hydrogens (tertiary/aromatic N) is 2. The number of thioether (sulfide) groups is 1. The molecule has 126 valence electrons. The molecule has 0 aliphatic carbocycles. The molecule has 2 amide bonds. The van der Waals surface area contributed by atoms with E-state index < -0.39 is 0 Å². The molecule has 3 rings (SSSR count). The first-order chi connectivity index (χ1) is 11.2. The molecule has 0 radical (unpaired) electrons. The standard InChI is InChI=1S/C16H23N3O3S/c20-15(12-19-8-10-23-16(19)21)17-11-13(14-5-4-9-22-14)18-6-2-1-3-7-18/h4-5,9,13H,1-3,6-8,10-12H2,(H,17,20)/t13-/m0/s1. The van der Waals surface area contributed by atoms with Crippen LogP contribution < -0.4 is 5.32 Å². The Labute approximate surface area is 140 Å². The molecule has 2 fully saturated rings. The number of hydrogen-bond acceptors (Lipinski definition) is 5. The van der Waals surface area contributed by atoms with Crippen molar-refractivity contribution in [3.8, 4) is 0 Å². The second-order valence-corrected chi connectivity index (χ2v) is 7.01. The van der Waals surface area contributed by atoms with Crippen LogP contribution in [-0.2, 0) is 4.79 Å². The molecular formula is C16H23N3O3S. The van der Waals surface area contributed by atoms with Gasteiger partial charge >= 0.3 is 0 Å². The van der Waals surface area contributed by atoms with Crippen molar-refractivity contribution in [1.29, 1.82) is 0 Å². The van der Waals surface area contributed by atoms with Crippen molar-refractivity contribution in [1.82, 2.24) is 15.1 Å². The Kier molecular flexibility index (Phi) is 5.61. The van der Waals surface area contributed by atoms with E-state index in [-0.39, 0.29) is 23.7 Å². The maximum atomic E-state index is 12.1. The van der Waals surface area contributed by atoms with Crippen molar-refractivity contribution in [2.75, 3.05) is 38.5 Å². The second-order valence-electron chi connectivity index (χ2n) is 5.97. The molecule has 1 aromatic heterocycles. The van der Waals surface area contributed by atoms with Gasteiger partial charge in [-0.15, -0.1) is 0 Å². The summed E-state index contributed by atoms with van der Waals surface area (Å²) in [5.74, 6) is 1.56. The summed E-state index contributed by atoms with van der Waals surface area (Å²) in [6.07, 6.45) is 5.31. The lowest BCUT2D eigenvalue weighted by molar-refractivity contribution is -0.121. The molecule has 6 nitrogen and oxygen atoms in total. The second kappa shape index (κ2) is 7.88. The Morgan fingerprint density at radius 1 is 1.30 bits per heavy atom. The number of carbonyl (C=O) groups is 2. The molecule has 0 bridgehead atoms. The third-order valence-electron chi connectivity index (χ3n) is 4.38. The zero-order valence-corrected chi connectivity index (χ0v) is 14.0. The summed E-state index contributed by atoms with van der Waals surface area (Å²) in [7, 11) is 0. The summed E-state index contributed by atoms with van der Waals surface area (Å²) in [5.41, 5.74) is 0. The predicted octanol–water partition coefficient (Wildman–Crippen LogP) is 2.09. The number of furan rings is 1. The van der Waals surface area contributed by atoms with Crippen molar-refractivity contribution >= 4 is 22.9 Å². The minimum atomic E-state index is -0.102. The van der Waals surface area contributed by atoms with Gasteiger partial charge in [-0.1, -0.05) is 18.2 Å². The molecule has 0 saturated carbocycles. The fraction of sp³-hybridized carbons (Fsp3) is 0.625. The molecular weight excluding hydrogens is 314 g/mol. The number of amides is 2. The van der Waals surface area contributed by atoms with Crippen LogP contribution in [-0.4, -0.2) is 59.4 Å². The number of nitrogens with one attached hydrogen (secondary N) is 1. The number of likely N-dealkylation sites (tertiary alicyclic amines) is 1. The molecule has 1 N–H and O–H groups in total. The van der Waals surface area contributed by atoms with Crippen LogP contribution in [0.4, 0.5) is 4.79 Å². The van der Waals surface area contributed by atoms with E-state index in [1.54, 1.807) is 11.2 Å². The minimum absolute atomic E-state index is 0.00114. The third kappa shape index (κ3) is 4.29. The van der Waals surface area contributed by atoms with Gasteiger partial charge in [0.1, 0.15) is 12.3 Å². The van der Waals surface area contributed by atoms with Crippen molar-refractivity contribution in [2.45, 2.75) is 25.3 Å². The number of carbonyl (C=O) groups excluding carboxylic acids is 2. The van der Waals surface area contributed by atoms with Gasteiger partial charge in [-0.2, -0.15) is 0 Å². The van der Waals surface area contributed by atoms with E-state index in [0.29, 0.717) is 13.1 Å². The first-order valence-electron chi connectivity index (χ1n) is 8.20. The van der Waals surface area contributed by atoms with E-state index in [2.05, 4.69) is 10.2 Å². The number of hydrogen-bond donors (Lipinski definition) is 1. The van der Waals surface area contributed by atoms with Crippen molar-refractivity contribution in [2.24, 2.45) is 0 Å². The summed E-state index contributed by atoms with van der Waals surface area (Å²) in [5, 5.41) is 2.97. The van der Waals surface area contributed by atoms with Crippen molar-refractivity contribution in [3.05, 3.63) is 24.2 Å². The van der Waals surface area contributed by atoms with Gasteiger partial charge in [-0.25, -0.2) is 0 Å². The van der Waals surface area contributed by atoms with Gasteiger partial charge in [0.2, 0.25) is 5.91 Å². The SMILES string of the molecule is O=C(CN1CCSC1=O)NC[C@@H](c1ccco1)N1CCCCC1. The first kappa shape index (κ1) is 16.4. The summed E-state index contributed by atoms with van der Waals surface area (Å²) in [6, 6.07) is 3.92. The lowest BCUT2D eigenvalue weighted by atomic mass is 10.1. The maximum Gasteiger partial charge on any atom is 0.282 e. The quantitative estimate of drug-likeness (QED) is 0.861. The summed E-state index contributed by atoms with van der Waals surface area (Å²) >= 11 is 1.28. The number of piperidine rings is 1. The van der Waals surface area contributed by atoms with Gasteiger partial charge in [0.25, 0.3) is 5.24 Å². The van der Waals surface area contributed by atoms with Crippen LogP contribution in [0.5, 0.6) is 0 Å². The van der Waals surface area contributed by atoms with Gasteiger partial charge in [0.05, 0.1) is 12.3 Å². The molecule has 3 heterocycles. The predicted molar refractivity (Wildman–Crippen MR) is 89.3 cm³/mol. The summed E-state index contributed by atoms with van der Waals surface area (Å²) in [6.45, 7) is 3.38. The van der Waals surface area contributed by atoms with E-state index in [4.69, 9.17) is 4.42 Å². The molecule has 23 heavy (non-hydrogen) atoms. The molecule has 2 aliphatic heterocycles. The Hall–Kier alpha value is -1.47. The van der Waals surface area contributed by atoms with Crippen LogP contribution in [0.2, 0.25) is 0 Å². The molecule has 0 unspecified atom stereocenters. The fourth-order valence-electron chi connectivity index (χ4n) is 3.13.